The highest BCUT2D eigenvalue weighted by Crippen LogP contribution is 2.41. The maximum Gasteiger partial charge on any atom is 0.407 e. The highest BCUT2D eigenvalue weighted by molar-refractivity contribution is 6.09. The minimum Gasteiger partial charge on any atom is -0.444 e. The number of carbonyl (C=O) groups is 2. The van der Waals surface area contributed by atoms with Crippen molar-refractivity contribution in [2.75, 3.05) is 13.1 Å². The number of rotatable bonds is 7. The molecule has 4 rings (SSSR count). The fraction of sp³-hybridized carbons (Fsp3) is 0.417. The average molecular weight is 437 g/mol. The molecule has 1 fully saturated rings. The molecule has 0 aliphatic heterocycles. The van der Waals surface area contributed by atoms with Gasteiger partial charge < -0.3 is 19.9 Å². The van der Waals surface area contributed by atoms with Crippen molar-refractivity contribution >= 4 is 23.1 Å². The lowest BCUT2D eigenvalue weighted by molar-refractivity contribution is 0.0527. The van der Waals surface area contributed by atoms with E-state index in [4.69, 9.17) is 9.26 Å². The number of amides is 2. The summed E-state index contributed by atoms with van der Waals surface area (Å²) in [6.07, 6.45) is 2.24. The summed E-state index contributed by atoms with van der Waals surface area (Å²) in [4.78, 5) is 29.4. The third-order valence-corrected chi connectivity index (χ3v) is 5.06. The van der Waals surface area contributed by atoms with E-state index < -0.39 is 11.7 Å². The Hall–Kier alpha value is -3.42. The second-order valence-electron chi connectivity index (χ2n) is 8.98. The zero-order valence-corrected chi connectivity index (χ0v) is 18.6. The number of aromatic nitrogens is 2. The lowest BCUT2D eigenvalue weighted by atomic mass is 10.0. The Kier molecular flexibility index (Phi) is 6.12. The van der Waals surface area contributed by atoms with Crippen LogP contribution in [0, 0.1) is 0 Å². The Bertz CT molecular complexity index is 1110. The van der Waals surface area contributed by atoms with Gasteiger partial charge in [-0.15, -0.1) is 0 Å². The van der Waals surface area contributed by atoms with E-state index in [-0.39, 0.29) is 5.91 Å². The largest absolute Gasteiger partial charge is 0.444 e. The summed E-state index contributed by atoms with van der Waals surface area (Å²) in [6, 6.07) is 11.5. The van der Waals surface area contributed by atoms with Crippen LogP contribution in [-0.4, -0.2) is 40.8 Å². The molecule has 1 aromatic carbocycles. The Morgan fingerprint density at radius 1 is 1.12 bits per heavy atom. The molecule has 0 bridgehead atoms. The summed E-state index contributed by atoms with van der Waals surface area (Å²) >= 11 is 0. The molecule has 0 radical (unpaired) electrons. The van der Waals surface area contributed by atoms with E-state index in [1.807, 2.05) is 57.2 Å². The summed E-state index contributed by atoms with van der Waals surface area (Å²) in [6.45, 7) is 6.24. The van der Waals surface area contributed by atoms with Gasteiger partial charge in [0.25, 0.3) is 11.6 Å². The minimum atomic E-state index is -0.542. The van der Waals surface area contributed by atoms with E-state index in [0.717, 1.165) is 24.1 Å². The molecule has 1 aliphatic rings. The van der Waals surface area contributed by atoms with Crippen molar-refractivity contribution in [3.05, 3.63) is 47.7 Å². The molecule has 0 spiro atoms. The zero-order valence-electron chi connectivity index (χ0n) is 18.6. The third kappa shape index (κ3) is 5.25. The summed E-state index contributed by atoms with van der Waals surface area (Å²) in [5.74, 6) is 0.159. The van der Waals surface area contributed by atoms with Crippen LogP contribution in [0.4, 0.5) is 4.79 Å². The number of nitrogens with zero attached hydrogens (tertiary/aromatic N) is 2. The first kappa shape index (κ1) is 21.8. The summed E-state index contributed by atoms with van der Waals surface area (Å²) in [7, 11) is 0. The smallest absolute Gasteiger partial charge is 0.407 e. The zero-order chi connectivity index (χ0) is 22.7. The number of hydrogen-bond acceptors (Lipinski definition) is 6. The number of fused-ring (bicyclic) bond motifs is 1. The van der Waals surface area contributed by atoms with Gasteiger partial charge in [0, 0.05) is 30.3 Å². The lowest BCUT2D eigenvalue weighted by Crippen LogP contribution is -2.34. The van der Waals surface area contributed by atoms with Crippen LogP contribution in [0.3, 0.4) is 0 Å². The first-order chi connectivity index (χ1) is 15.3. The minimum absolute atomic E-state index is 0.211. The van der Waals surface area contributed by atoms with Gasteiger partial charge in [-0.1, -0.05) is 35.5 Å². The van der Waals surface area contributed by atoms with E-state index in [1.54, 1.807) is 0 Å². The van der Waals surface area contributed by atoms with E-state index in [0.29, 0.717) is 47.8 Å². The molecule has 2 N–H and O–H groups in total. The first-order valence-corrected chi connectivity index (χ1v) is 10.9. The molecule has 1 aliphatic carbocycles. The molecule has 8 heteroatoms. The van der Waals surface area contributed by atoms with Gasteiger partial charge in [0.15, 0.2) is 0 Å². The quantitative estimate of drug-likeness (QED) is 0.531. The van der Waals surface area contributed by atoms with E-state index in [9.17, 15) is 9.59 Å². The Labute approximate surface area is 186 Å². The molecule has 2 amide bonds. The molecule has 8 nitrogen and oxygen atoms in total. The number of benzene rings is 1. The van der Waals surface area contributed by atoms with Crippen LogP contribution in [0.15, 0.2) is 40.9 Å². The highest BCUT2D eigenvalue weighted by Gasteiger charge is 2.29. The third-order valence-electron chi connectivity index (χ3n) is 5.06. The molecular formula is C24H28N4O4. The summed E-state index contributed by atoms with van der Waals surface area (Å²) < 4.78 is 10.7. The van der Waals surface area contributed by atoms with Crippen LogP contribution in [0.1, 0.15) is 62.0 Å². The summed E-state index contributed by atoms with van der Waals surface area (Å²) in [5.41, 5.74) is 2.68. The van der Waals surface area contributed by atoms with Gasteiger partial charge in [0.1, 0.15) is 11.3 Å². The monoisotopic (exact) mass is 436 g/mol. The van der Waals surface area contributed by atoms with Gasteiger partial charge in [-0.3, -0.25) is 4.79 Å². The maximum atomic E-state index is 13.1. The Morgan fingerprint density at radius 2 is 1.84 bits per heavy atom. The molecular weight excluding hydrogens is 408 g/mol. The van der Waals surface area contributed by atoms with E-state index >= 15 is 0 Å². The van der Waals surface area contributed by atoms with Crippen LogP contribution < -0.4 is 10.6 Å². The van der Waals surface area contributed by atoms with Crippen molar-refractivity contribution in [3.63, 3.8) is 0 Å². The topological polar surface area (TPSA) is 106 Å². The van der Waals surface area contributed by atoms with Crippen molar-refractivity contribution in [3.8, 4) is 11.3 Å². The molecule has 2 heterocycles. The molecule has 3 aromatic rings. The van der Waals surface area contributed by atoms with Gasteiger partial charge in [0.05, 0.1) is 10.9 Å². The molecule has 0 atom stereocenters. The van der Waals surface area contributed by atoms with Crippen LogP contribution in [0.5, 0.6) is 0 Å². The van der Waals surface area contributed by atoms with Crippen molar-refractivity contribution in [2.24, 2.45) is 0 Å². The SMILES string of the molecule is CC(C)(C)OC(=O)NCCCNC(=O)c1cc(C2CC2)nc2onc(-c3ccccc3)c12. The fourth-order valence-corrected chi connectivity index (χ4v) is 3.42. The first-order valence-electron chi connectivity index (χ1n) is 10.9. The van der Waals surface area contributed by atoms with Crippen LogP contribution in [0.25, 0.3) is 22.4 Å². The maximum absolute atomic E-state index is 13.1. The predicted octanol–water partition coefficient (Wildman–Crippen LogP) is 4.41. The molecule has 1 saturated carbocycles. The average Bonchev–Trinajstić information content (AvgIpc) is 3.51. The second-order valence-corrected chi connectivity index (χ2v) is 8.98. The normalized spacial score (nSPS) is 13.7. The fourth-order valence-electron chi connectivity index (χ4n) is 3.42. The predicted molar refractivity (Wildman–Crippen MR) is 120 cm³/mol. The number of hydrogen-bond donors (Lipinski definition) is 2. The molecule has 168 valence electrons. The molecule has 0 saturated heterocycles. The molecule has 32 heavy (non-hydrogen) atoms. The van der Waals surface area contributed by atoms with Gasteiger partial charge in [0.2, 0.25) is 0 Å². The number of alkyl carbamates (subject to hydrolysis) is 1. The van der Waals surface area contributed by atoms with Crippen LogP contribution in [-0.2, 0) is 4.74 Å². The Morgan fingerprint density at radius 3 is 2.53 bits per heavy atom. The van der Waals surface area contributed by atoms with E-state index in [1.165, 1.54) is 0 Å². The number of carbonyl (C=O) groups excluding carboxylic acids is 2. The number of pyridine rings is 1. The van der Waals surface area contributed by atoms with Gasteiger partial charge >= 0.3 is 6.09 Å². The van der Waals surface area contributed by atoms with Crippen molar-refractivity contribution in [2.45, 2.75) is 51.6 Å². The molecule has 0 unspecified atom stereocenters. The Balaban J connectivity index is 1.47. The van der Waals surface area contributed by atoms with Gasteiger partial charge in [-0.05, 0) is 46.1 Å². The van der Waals surface area contributed by atoms with Gasteiger partial charge in [-0.25, -0.2) is 9.78 Å². The second kappa shape index (κ2) is 8.98. The lowest BCUT2D eigenvalue weighted by Gasteiger charge is -2.19. The van der Waals surface area contributed by atoms with Crippen LogP contribution >= 0.6 is 0 Å². The van der Waals surface area contributed by atoms with Crippen molar-refractivity contribution in [1.82, 2.24) is 20.8 Å². The number of ether oxygens (including phenoxy) is 1. The summed E-state index contributed by atoms with van der Waals surface area (Å²) in [5, 5.41) is 10.5. The standard InChI is InChI=1S/C24H28N4O4/c1-24(2,3)31-23(30)26-13-7-12-25-21(29)17-14-18(15-10-11-15)27-22-19(17)20(28-32-22)16-8-5-4-6-9-16/h4-6,8-9,14-15H,7,10-13H2,1-3H3,(H,25,29)(H,26,30). The van der Waals surface area contributed by atoms with Crippen molar-refractivity contribution < 1.29 is 18.8 Å². The van der Waals surface area contributed by atoms with Crippen molar-refractivity contribution in [1.29, 1.82) is 0 Å². The van der Waals surface area contributed by atoms with E-state index in [2.05, 4.69) is 20.8 Å². The molecule has 2 aromatic heterocycles. The van der Waals surface area contributed by atoms with Gasteiger partial charge in [-0.2, -0.15) is 0 Å². The van der Waals surface area contributed by atoms with Crippen LogP contribution in [0.2, 0.25) is 0 Å². The number of nitrogens with one attached hydrogen (secondary N) is 2. The highest BCUT2D eigenvalue weighted by atomic mass is 16.6.